The Kier molecular flexibility index (Phi) is 7.22. The molecule has 3 heteroatoms. The Bertz CT molecular complexity index is 960. The first kappa shape index (κ1) is 19.5. The van der Waals surface area contributed by atoms with E-state index >= 15 is 0 Å². The molecule has 0 aliphatic carbocycles. The topological polar surface area (TPSA) is 38.7 Å². The van der Waals surface area contributed by atoms with Gasteiger partial charge in [-0.2, -0.15) is 0 Å². The molecule has 26 heavy (non-hydrogen) atoms. The summed E-state index contributed by atoms with van der Waals surface area (Å²) in [4.78, 5) is 14.1. The Morgan fingerprint density at radius 1 is 0.808 bits per heavy atom. The van der Waals surface area contributed by atoms with Crippen molar-refractivity contribution in [3.63, 3.8) is 0 Å². The first-order valence-electron chi connectivity index (χ1n) is 9.19. The monoisotopic (exact) mass is 345 g/mol. The lowest BCUT2D eigenvalue weighted by Gasteiger charge is -2.06. The third kappa shape index (κ3) is 4.63. The van der Waals surface area contributed by atoms with E-state index in [1.54, 1.807) is 0 Å². The van der Waals surface area contributed by atoms with Gasteiger partial charge >= 0.3 is 0 Å². The average molecular weight is 345 g/mol. The SMILES string of the molecule is C/C=c1/c(C)nc(-c2cccc(Cc3ccccc3)n2)n/c1=C/C.CC. The fraction of sp³-hybridized carbons (Fsp3) is 0.261. The molecule has 0 aliphatic heterocycles. The molecule has 0 amide bonds. The van der Waals surface area contributed by atoms with Gasteiger partial charge in [0.05, 0.1) is 5.35 Å². The molecule has 0 bridgehead atoms. The van der Waals surface area contributed by atoms with Crippen molar-refractivity contribution in [1.29, 1.82) is 0 Å². The summed E-state index contributed by atoms with van der Waals surface area (Å²) in [6.07, 6.45) is 4.87. The number of benzene rings is 1. The van der Waals surface area contributed by atoms with Crippen LogP contribution < -0.4 is 10.6 Å². The van der Waals surface area contributed by atoms with Gasteiger partial charge in [-0.1, -0.05) is 62.4 Å². The van der Waals surface area contributed by atoms with Crippen molar-refractivity contribution in [1.82, 2.24) is 15.0 Å². The Hall–Kier alpha value is -2.81. The van der Waals surface area contributed by atoms with Gasteiger partial charge in [0.1, 0.15) is 5.69 Å². The summed E-state index contributed by atoms with van der Waals surface area (Å²) in [7, 11) is 0. The summed E-state index contributed by atoms with van der Waals surface area (Å²) in [6, 6.07) is 16.4. The summed E-state index contributed by atoms with van der Waals surface area (Å²) < 4.78 is 0. The van der Waals surface area contributed by atoms with Crippen molar-refractivity contribution in [3.05, 3.63) is 76.1 Å². The molecule has 3 rings (SSSR count). The molecule has 2 aromatic heterocycles. The summed E-state index contributed by atoms with van der Waals surface area (Å²) in [5, 5.41) is 2.04. The van der Waals surface area contributed by atoms with Gasteiger partial charge in [-0.3, -0.25) is 0 Å². The third-order valence-corrected chi connectivity index (χ3v) is 3.99. The van der Waals surface area contributed by atoms with E-state index in [2.05, 4.69) is 34.2 Å². The lowest BCUT2D eigenvalue weighted by Crippen LogP contribution is -2.32. The molecule has 0 atom stereocenters. The molecule has 3 aromatic rings. The molecular formula is C23H27N3. The molecule has 0 aliphatic rings. The van der Waals surface area contributed by atoms with Crippen molar-refractivity contribution in [3.8, 4) is 11.5 Å². The zero-order valence-electron chi connectivity index (χ0n) is 16.3. The minimum Gasteiger partial charge on any atom is -0.249 e. The first-order valence-corrected chi connectivity index (χ1v) is 9.19. The van der Waals surface area contributed by atoms with Gasteiger partial charge in [-0.15, -0.1) is 0 Å². The lowest BCUT2D eigenvalue weighted by molar-refractivity contribution is 1.01. The Morgan fingerprint density at radius 2 is 1.54 bits per heavy atom. The second-order valence-corrected chi connectivity index (χ2v) is 5.69. The van der Waals surface area contributed by atoms with Gasteiger partial charge in [0.15, 0.2) is 5.82 Å². The van der Waals surface area contributed by atoms with Crippen molar-refractivity contribution in [2.24, 2.45) is 0 Å². The van der Waals surface area contributed by atoms with Gasteiger partial charge in [-0.05, 0) is 38.5 Å². The predicted molar refractivity (Wildman–Crippen MR) is 110 cm³/mol. The number of hydrogen-bond acceptors (Lipinski definition) is 3. The molecule has 2 heterocycles. The van der Waals surface area contributed by atoms with Crippen molar-refractivity contribution in [2.45, 2.75) is 41.0 Å². The van der Waals surface area contributed by atoms with Crippen LogP contribution in [0.5, 0.6) is 0 Å². The molecule has 0 saturated carbocycles. The standard InChI is InChI=1S/C21H21N3.C2H6/c1-4-18-15(3)22-21(24-19(18)5-2)20-13-9-12-17(23-20)14-16-10-7-6-8-11-16;1-2/h4-13H,14H2,1-3H3;1-2H3/b18-4-,19-5+;. The van der Waals surface area contributed by atoms with Gasteiger partial charge in [0.2, 0.25) is 0 Å². The maximum absolute atomic E-state index is 4.76. The van der Waals surface area contributed by atoms with Gasteiger partial charge in [0, 0.05) is 23.0 Å². The van der Waals surface area contributed by atoms with Gasteiger partial charge < -0.3 is 0 Å². The van der Waals surface area contributed by atoms with Crippen LogP contribution in [-0.2, 0) is 6.42 Å². The Balaban J connectivity index is 0.00000117. The van der Waals surface area contributed by atoms with Gasteiger partial charge in [-0.25, -0.2) is 15.0 Å². The molecule has 0 N–H and O–H groups in total. The molecular weight excluding hydrogens is 318 g/mol. The van der Waals surface area contributed by atoms with Crippen molar-refractivity contribution < 1.29 is 0 Å². The largest absolute Gasteiger partial charge is 0.249 e. The Labute approximate surface area is 156 Å². The highest BCUT2D eigenvalue weighted by Gasteiger charge is 2.07. The summed E-state index contributed by atoms with van der Waals surface area (Å²) in [5.74, 6) is 0.682. The summed E-state index contributed by atoms with van der Waals surface area (Å²) in [5.41, 5.74) is 4.06. The highest BCUT2D eigenvalue weighted by Crippen LogP contribution is 2.13. The fourth-order valence-electron chi connectivity index (χ4n) is 2.80. The summed E-state index contributed by atoms with van der Waals surface area (Å²) >= 11 is 0. The second kappa shape index (κ2) is 9.62. The number of aromatic nitrogens is 3. The van der Waals surface area contributed by atoms with E-state index in [1.807, 2.05) is 71.0 Å². The van der Waals surface area contributed by atoms with Crippen LogP contribution in [0.15, 0.2) is 48.5 Å². The molecule has 0 saturated heterocycles. The van der Waals surface area contributed by atoms with Crippen LogP contribution in [0.1, 0.15) is 44.6 Å². The van der Waals surface area contributed by atoms with Crippen LogP contribution in [0.4, 0.5) is 0 Å². The predicted octanol–water partition coefficient (Wildman–Crippen LogP) is 4.06. The molecule has 134 valence electrons. The smallest absolute Gasteiger partial charge is 0.178 e. The zero-order valence-corrected chi connectivity index (χ0v) is 16.3. The molecule has 3 nitrogen and oxygen atoms in total. The van der Waals surface area contributed by atoms with E-state index in [0.29, 0.717) is 5.82 Å². The number of hydrogen-bond donors (Lipinski definition) is 0. The van der Waals surface area contributed by atoms with E-state index in [1.165, 1.54) is 5.56 Å². The maximum atomic E-state index is 4.76. The van der Waals surface area contributed by atoms with E-state index in [9.17, 15) is 0 Å². The van der Waals surface area contributed by atoms with Crippen LogP contribution in [0.3, 0.4) is 0 Å². The molecule has 0 spiro atoms. The minimum atomic E-state index is 0.682. The van der Waals surface area contributed by atoms with Crippen LogP contribution in [-0.4, -0.2) is 15.0 Å². The molecule has 0 radical (unpaired) electrons. The van der Waals surface area contributed by atoms with Crippen LogP contribution in [0.25, 0.3) is 23.7 Å². The summed E-state index contributed by atoms with van der Waals surface area (Å²) in [6.45, 7) is 10.0. The first-order chi connectivity index (χ1) is 12.7. The van der Waals surface area contributed by atoms with Gasteiger partial charge in [0.25, 0.3) is 0 Å². The quantitative estimate of drug-likeness (QED) is 0.718. The average Bonchev–Trinajstić information content (AvgIpc) is 2.70. The maximum Gasteiger partial charge on any atom is 0.178 e. The number of aryl methyl sites for hydroxylation is 1. The molecule has 0 fully saturated rings. The van der Waals surface area contributed by atoms with Crippen molar-refractivity contribution in [2.75, 3.05) is 0 Å². The Morgan fingerprint density at radius 3 is 2.19 bits per heavy atom. The number of rotatable bonds is 3. The minimum absolute atomic E-state index is 0.682. The van der Waals surface area contributed by atoms with E-state index in [0.717, 1.165) is 34.1 Å². The van der Waals surface area contributed by atoms with E-state index in [-0.39, 0.29) is 0 Å². The third-order valence-electron chi connectivity index (χ3n) is 3.99. The molecule has 1 aromatic carbocycles. The van der Waals surface area contributed by atoms with E-state index in [4.69, 9.17) is 4.98 Å². The van der Waals surface area contributed by atoms with Crippen molar-refractivity contribution >= 4 is 12.2 Å². The zero-order chi connectivity index (χ0) is 18.9. The van der Waals surface area contributed by atoms with Crippen LogP contribution in [0, 0.1) is 6.92 Å². The highest BCUT2D eigenvalue weighted by molar-refractivity contribution is 5.50. The van der Waals surface area contributed by atoms with Crippen LogP contribution >= 0.6 is 0 Å². The normalized spacial score (nSPS) is 11.9. The molecule has 0 unspecified atom stereocenters. The highest BCUT2D eigenvalue weighted by atomic mass is 14.9. The second-order valence-electron chi connectivity index (χ2n) is 5.69. The lowest BCUT2D eigenvalue weighted by atomic mass is 10.1. The van der Waals surface area contributed by atoms with Crippen LogP contribution in [0.2, 0.25) is 0 Å². The number of nitrogens with zero attached hydrogens (tertiary/aromatic N) is 3. The fourth-order valence-corrected chi connectivity index (χ4v) is 2.80. The number of pyridine rings is 1. The van der Waals surface area contributed by atoms with E-state index < -0.39 is 0 Å².